The molecule has 1 aliphatic rings. The Bertz CT molecular complexity index is 608. The molecular weight excluding hydrogens is 296 g/mol. The Balaban J connectivity index is 1.48. The van der Waals surface area contributed by atoms with Gasteiger partial charge < -0.3 is 10.2 Å². The van der Waals surface area contributed by atoms with E-state index >= 15 is 0 Å². The van der Waals surface area contributed by atoms with Crippen LogP contribution in [0.2, 0.25) is 0 Å². The van der Waals surface area contributed by atoms with Crippen LogP contribution in [0.25, 0.3) is 5.69 Å². The van der Waals surface area contributed by atoms with Crippen molar-refractivity contribution in [3.8, 4) is 5.69 Å². The predicted molar refractivity (Wildman–Crippen MR) is 89.6 cm³/mol. The summed E-state index contributed by atoms with van der Waals surface area (Å²) in [7, 11) is 0. The van der Waals surface area contributed by atoms with Gasteiger partial charge in [0, 0.05) is 37.3 Å². The molecule has 0 aliphatic carbocycles. The van der Waals surface area contributed by atoms with E-state index in [-0.39, 0.29) is 6.03 Å². The van der Waals surface area contributed by atoms with Crippen molar-refractivity contribution in [1.82, 2.24) is 20.0 Å². The van der Waals surface area contributed by atoms with Gasteiger partial charge in [-0.05, 0) is 24.1 Å². The lowest BCUT2D eigenvalue weighted by Gasteiger charge is -2.26. The summed E-state index contributed by atoms with van der Waals surface area (Å²) < 4.78 is 1.86. The van der Waals surface area contributed by atoms with Gasteiger partial charge in [0.05, 0.1) is 11.9 Å². The van der Waals surface area contributed by atoms with Crippen LogP contribution < -0.4 is 5.32 Å². The topological polar surface area (TPSA) is 50.2 Å². The molecule has 0 spiro atoms. The highest BCUT2D eigenvalue weighted by Crippen LogP contribution is 2.09. The molecule has 1 fully saturated rings. The summed E-state index contributed by atoms with van der Waals surface area (Å²) in [6, 6.07) is 10.1. The van der Waals surface area contributed by atoms with Gasteiger partial charge in [-0.1, -0.05) is 18.2 Å². The highest BCUT2D eigenvalue weighted by Gasteiger charge is 2.15. The van der Waals surface area contributed by atoms with Gasteiger partial charge in [-0.15, -0.1) is 0 Å². The monoisotopic (exact) mass is 316 g/mol. The molecule has 1 aliphatic heterocycles. The van der Waals surface area contributed by atoms with Crippen LogP contribution in [0.5, 0.6) is 0 Å². The fraction of sp³-hybridized carbons (Fsp3) is 0.375. The Kier molecular flexibility index (Phi) is 5.00. The highest BCUT2D eigenvalue weighted by molar-refractivity contribution is 7.99. The quantitative estimate of drug-likeness (QED) is 0.940. The van der Waals surface area contributed by atoms with E-state index in [1.807, 2.05) is 64.1 Å². The standard InChI is InChI=1S/C16H20N4OS/c21-16(19-8-10-22-11-9-19)17-7-6-14-12-18-20(13-14)15-4-2-1-3-5-15/h1-5,12-13H,6-11H2,(H,17,21). The third-order valence-electron chi connectivity index (χ3n) is 3.64. The van der Waals surface area contributed by atoms with Gasteiger partial charge in [0.1, 0.15) is 0 Å². The summed E-state index contributed by atoms with van der Waals surface area (Å²) >= 11 is 1.90. The fourth-order valence-electron chi connectivity index (χ4n) is 2.40. The lowest BCUT2D eigenvalue weighted by molar-refractivity contribution is 0.203. The van der Waals surface area contributed by atoms with E-state index < -0.39 is 0 Å². The van der Waals surface area contributed by atoms with Crippen molar-refractivity contribution >= 4 is 17.8 Å². The molecule has 0 radical (unpaired) electrons. The molecule has 2 amide bonds. The number of aromatic nitrogens is 2. The number of benzene rings is 1. The molecule has 0 saturated carbocycles. The van der Waals surface area contributed by atoms with Crippen LogP contribution in [0, 0.1) is 0 Å². The number of rotatable bonds is 4. The van der Waals surface area contributed by atoms with Gasteiger partial charge in [0.15, 0.2) is 0 Å². The fourth-order valence-corrected chi connectivity index (χ4v) is 3.31. The predicted octanol–water partition coefficient (Wildman–Crippen LogP) is 2.17. The number of para-hydroxylation sites is 1. The zero-order chi connectivity index (χ0) is 15.2. The molecule has 6 heteroatoms. The maximum atomic E-state index is 12.0. The molecule has 0 atom stereocenters. The van der Waals surface area contributed by atoms with E-state index in [2.05, 4.69) is 10.4 Å². The summed E-state index contributed by atoms with van der Waals surface area (Å²) in [6.07, 6.45) is 4.66. The normalized spacial score (nSPS) is 14.8. The minimum atomic E-state index is 0.0516. The zero-order valence-corrected chi connectivity index (χ0v) is 13.3. The van der Waals surface area contributed by atoms with Crippen LogP contribution in [0.1, 0.15) is 5.56 Å². The SMILES string of the molecule is O=C(NCCc1cnn(-c2ccccc2)c1)N1CCSCC1. The number of hydrogen-bond acceptors (Lipinski definition) is 3. The Morgan fingerprint density at radius 1 is 1.23 bits per heavy atom. The van der Waals surface area contributed by atoms with Gasteiger partial charge >= 0.3 is 6.03 Å². The van der Waals surface area contributed by atoms with E-state index in [4.69, 9.17) is 0 Å². The number of hydrogen-bond donors (Lipinski definition) is 1. The minimum Gasteiger partial charge on any atom is -0.338 e. The average Bonchev–Trinajstić information content (AvgIpc) is 3.05. The number of carbonyl (C=O) groups is 1. The van der Waals surface area contributed by atoms with Gasteiger partial charge in [-0.25, -0.2) is 9.48 Å². The molecule has 1 saturated heterocycles. The van der Waals surface area contributed by atoms with Crippen LogP contribution >= 0.6 is 11.8 Å². The van der Waals surface area contributed by atoms with Crippen LogP contribution in [0.4, 0.5) is 4.79 Å². The smallest absolute Gasteiger partial charge is 0.317 e. The third kappa shape index (κ3) is 3.82. The Hall–Kier alpha value is -1.95. The molecule has 0 bridgehead atoms. The first-order valence-corrected chi connectivity index (χ1v) is 8.68. The van der Waals surface area contributed by atoms with Crippen molar-refractivity contribution in [2.24, 2.45) is 0 Å². The maximum absolute atomic E-state index is 12.0. The molecule has 0 unspecified atom stereocenters. The van der Waals surface area contributed by atoms with E-state index in [1.54, 1.807) is 0 Å². The van der Waals surface area contributed by atoms with Gasteiger partial charge in [-0.2, -0.15) is 16.9 Å². The molecular formula is C16H20N4OS. The summed E-state index contributed by atoms with van der Waals surface area (Å²) in [5.41, 5.74) is 2.17. The molecule has 1 aromatic carbocycles. The number of nitrogens with zero attached hydrogens (tertiary/aromatic N) is 3. The first kappa shape index (κ1) is 15.0. The Morgan fingerprint density at radius 2 is 2.00 bits per heavy atom. The van der Waals surface area contributed by atoms with E-state index in [1.165, 1.54) is 0 Å². The van der Waals surface area contributed by atoms with Crippen molar-refractivity contribution in [2.75, 3.05) is 31.1 Å². The minimum absolute atomic E-state index is 0.0516. The first-order chi connectivity index (χ1) is 10.8. The van der Waals surface area contributed by atoms with E-state index in [9.17, 15) is 4.79 Å². The molecule has 2 aromatic rings. The second-order valence-electron chi connectivity index (χ2n) is 5.21. The van der Waals surface area contributed by atoms with Gasteiger partial charge in [0.2, 0.25) is 0 Å². The number of thioether (sulfide) groups is 1. The second-order valence-corrected chi connectivity index (χ2v) is 6.43. The van der Waals surface area contributed by atoms with Gasteiger partial charge in [-0.3, -0.25) is 0 Å². The summed E-state index contributed by atoms with van der Waals surface area (Å²) in [5.74, 6) is 2.08. The first-order valence-electron chi connectivity index (χ1n) is 7.52. The Morgan fingerprint density at radius 3 is 2.77 bits per heavy atom. The molecule has 2 heterocycles. The maximum Gasteiger partial charge on any atom is 0.317 e. The number of carbonyl (C=O) groups excluding carboxylic acids is 1. The lowest BCUT2D eigenvalue weighted by Crippen LogP contribution is -2.44. The van der Waals surface area contributed by atoms with Crippen molar-refractivity contribution in [3.63, 3.8) is 0 Å². The summed E-state index contributed by atoms with van der Waals surface area (Å²) in [4.78, 5) is 13.9. The van der Waals surface area contributed by atoms with Crippen LogP contribution in [-0.4, -0.2) is 51.9 Å². The molecule has 1 N–H and O–H groups in total. The largest absolute Gasteiger partial charge is 0.338 e. The molecule has 5 nitrogen and oxygen atoms in total. The van der Waals surface area contributed by atoms with Crippen molar-refractivity contribution in [2.45, 2.75) is 6.42 Å². The molecule has 1 aromatic heterocycles. The van der Waals surface area contributed by atoms with Crippen molar-refractivity contribution in [3.05, 3.63) is 48.3 Å². The van der Waals surface area contributed by atoms with E-state index in [0.717, 1.165) is 42.3 Å². The highest BCUT2D eigenvalue weighted by atomic mass is 32.2. The van der Waals surface area contributed by atoms with Gasteiger partial charge in [0.25, 0.3) is 0 Å². The molecule has 3 rings (SSSR count). The Labute approximate surface area is 134 Å². The molecule has 22 heavy (non-hydrogen) atoms. The van der Waals surface area contributed by atoms with E-state index in [0.29, 0.717) is 6.54 Å². The number of urea groups is 1. The number of amides is 2. The van der Waals surface area contributed by atoms with Crippen LogP contribution in [0.3, 0.4) is 0 Å². The number of nitrogens with one attached hydrogen (secondary N) is 1. The zero-order valence-electron chi connectivity index (χ0n) is 12.4. The van der Waals surface area contributed by atoms with Crippen LogP contribution in [-0.2, 0) is 6.42 Å². The lowest BCUT2D eigenvalue weighted by atomic mass is 10.2. The average molecular weight is 316 g/mol. The third-order valence-corrected chi connectivity index (χ3v) is 4.59. The summed E-state index contributed by atoms with van der Waals surface area (Å²) in [6.45, 7) is 2.34. The second kappa shape index (κ2) is 7.35. The van der Waals surface area contributed by atoms with Crippen LogP contribution in [0.15, 0.2) is 42.7 Å². The van der Waals surface area contributed by atoms with Crippen molar-refractivity contribution in [1.29, 1.82) is 0 Å². The van der Waals surface area contributed by atoms with Crippen molar-refractivity contribution < 1.29 is 4.79 Å². The molecule has 116 valence electrons. The summed E-state index contributed by atoms with van der Waals surface area (Å²) in [5, 5.41) is 7.36.